The number of thiocarbonyl (C=S) groups is 1. The minimum Gasteiger partial charge on any atom is -0.366 e. The molecule has 5 nitrogen and oxygen atoms in total. The molecule has 0 aliphatic carbocycles. The van der Waals surface area contributed by atoms with Crippen molar-refractivity contribution in [2.45, 2.75) is 13.8 Å². The summed E-state index contributed by atoms with van der Waals surface area (Å²) in [5, 5.41) is 5.55. The number of primary amides is 1. The van der Waals surface area contributed by atoms with Gasteiger partial charge in [0.15, 0.2) is 5.11 Å². The Labute approximate surface area is 111 Å². The Bertz CT molecular complexity index is 486. The van der Waals surface area contributed by atoms with Crippen molar-refractivity contribution in [2.24, 2.45) is 11.7 Å². The highest BCUT2D eigenvalue weighted by molar-refractivity contribution is 7.80. The summed E-state index contributed by atoms with van der Waals surface area (Å²) >= 11 is 4.98. The summed E-state index contributed by atoms with van der Waals surface area (Å²) in [6, 6.07) is 6.56. The van der Waals surface area contributed by atoms with E-state index in [1.54, 1.807) is 38.1 Å². The van der Waals surface area contributed by atoms with E-state index < -0.39 is 5.91 Å². The Morgan fingerprint density at radius 2 is 2.00 bits per heavy atom. The number of carbonyl (C=O) groups excluding carboxylic acids is 2. The molecule has 0 atom stereocenters. The van der Waals surface area contributed by atoms with E-state index in [4.69, 9.17) is 18.0 Å². The van der Waals surface area contributed by atoms with E-state index in [0.29, 0.717) is 11.3 Å². The summed E-state index contributed by atoms with van der Waals surface area (Å²) in [5.74, 6) is -0.837. The highest BCUT2D eigenvalue weighted by atomic mass is 32.1. The lowest BCUT2D eigenvalue weighted by Gasteiger charge is -2.11. The van der Waals surface area contributed by atoms with Crippen LogP contribution in [0.1, 0.15) is 24.2 Å². The van der Waals surface area contributed by atoms with E-state index in [2.05, 4.69) is 10.6 Å². The summed E-state index contributed by atoms with van der Waals surface area (Å²) in [6.45, 7) is 3.54. The van der Waals surface area contributed by atoms with Crippen LogP contribution in [0.3, 0.4) is 0 Å². The van der Waals surface area contributed by atoms with Crippen LogP contribution in [0.2, 0.25) is 0 Å². The smallest absolute Gasteiger partial charge is 0.248 e. The number of hydrogen-bond acceptors (Lipinski definition) is 3. The summed E-state index contributed by atoms with van der Waals surface area (Å²) in [6.07, 6.45) is 0. The van der Waals surface area contributed by atoms with Gasteiger partial charge >= 0.3 is 0 Å². The largest absolute Gasteiger partial charge is 0.366 e. The van der Waals surface area contributed by atoms with Gasteiger partial charge in [0.1, 0.15) is 0 Å². The molecule has 2 amide bonds. The van der Waals surface area contributed by atoms with Crippen LogP contribution >= 0.6 is 12.2 Å². The second-order valence-electron chi connectivity index (χ2n) is 4.04. The second kappa shape index (κ2) is 6.11. The van der Waals surface area contributed by atoms with Crippen molar-refractivity contribution < 1.29 is 9.59 Å². The number of benzene rings is 1. The number of carbonyl (C=O) groups is 2. The molecule has 0 radical (unpaired) electrons. The van der Waals surface area contributed by atoms with E-state index in [9.17, 15) is 9.59 Å². The SMILES string of the molecule is CC(C)C(=O)NC(=S)Nc1cccc(C(N)=O)c1. The van der Waals surface area contributed by atoms with Crippen LogP contribution in [0, 0.1) is 5.92 Å². The van der Waals surface area contributed by atoms with Gasteiger partial charge in [0, 0.05) is 17.2 Å². The average molecular weight is 265 g/mol. The minimum atomic E-state index is -0.518. The lowest BCUT2D eigenvalue weighted by atomic mass is 10.2. The van der Waals surface area contributed by atoms with Crippen molar-refractivity contribution in [1.29, 1.82) is 0 Å². The van der Waals surface area contributed by atoms with Crippen LogP contribution in [-0.2, 0) is 4.79 Å². The fourth-order valence-corrected chi connectivity index (χ4v) is 1.39. The molecule has 0 heterocycles. The van der Waals surface area contributed by atoms with Crippen molar-refractivity contribution in [3.05, 3.63) is 29.8 Å². The number of nitrogens with one attached hydrogen (secondary N) is 2. The van der Waals surface area contributed by atoms with Gasteiger partial charge in [-0.25, -0.2) is 0 Å². The van der Waals surface area contributed by atoms with Gasteiger partial charge in [-0.15, -0.1) is 0 Å². The van der Waals surface area contributed by atoms with Crippen LogP contribution in [0.5, 0.6) is 0 Å². The highest BCUT2D eigenvalue weighted by Crippen LogP contribution is 2.10. The first kappa shape index (κ1) is 14.1. The van der Waals surface area contributed by atoms with E-state index >= 15 is 0 Å². The third-order valence-electron chi connectivity index (χ3n) is 2.17. The van der Waals surface area contributed by atoms with E-state index in [1.807, 2.05) is 0 Å². The molecular weight excluding hydrogens is 250 g/mol. The molecule has 0 aromatic heterocycles. The monoisotopic (exact) mass is 265 g/mol. The first-order chi connectivity index (χ1) is 8.40. The normalized spacial score (nSPS) is 9.94. The Morgan fingerprint density at radius 3 is 2.56 bits per heavy atom. The molecule has 0 fully saturated rings. The molecule has 0 aliphatic heterocycles. The Kier molecular flexibility index (Phi) is 4.79. The summed E-state index contributed by atoms with van der Waals surface area (Å²) in [4.78, 5) is 22.4. The Hall–Kier alpha value is -1.95. The van der Waals surface area contributed by atoms with Crippen LogP contribution < -0.4 is 16.4 Å². The predicted octanol–water partition coefficient (Wildman–Crippen LogP) is 1.25. The lowest BCUT2D eigenvalue weighted by Crippen LogP contribution is -2.36. The minimum absolute atomic E-state index is 0.151. The number of anilines is 1. The maximum atomic E-state index is 11.4. The van der Waals surface area contributed by atoms with Crippen molar-refractivity contribution in [3.63, 3.8) is 0 Å². The molecular formula is C12H15N3O2S. The number of rotatable bonds is 3. The van der Waals surface area contributed by atoms with Crippen LogP contribution in [0.25, 0.3) is 0 Å². The van der Waals surface area contributed by atoms with Gasteiger partial charge in [-0.2, -0.15) is 0 Å². The van der Waals surface area contributed by atoms with Gasteiger partial charge in [0.25, 0.3) is 0 Å². The van der Waals surface area contributed by atoms with E-state index in [0.717, 1.165) is 0 Å². The molecule has 0 aliphatic rings. The van der Waals surface area contributed by atoms with Crippen LogP contribution in [0.4, 0.5) is 5.69 Å². The fraction of sp³-hybridized carbons (Fsp3) is 0.250. The van der Waals surface area contributed by atoms with Crippen molar-refractivity contribution in [2.75, 3.05) is 5.32 Å². The highest BCUT2D eigenvalue weighted by Gasteiger charge is 2.09. The summed E-state index contributed by atoms with van der Waals surface area (Å²) in [7, 11) is 0. The molecule has 0 spiro atoms. The zero-order valence-electron chi connectivity index (χ0n) is 10.2. The van der Waals surface area contributed by atoms with Crippen LogP contribution in [0.15, 0.2) is 24.3 Å². The number of nitrogens with two attached hydrogens (primary N) is 1. The van der Waals surface area contributed by atoms with Gasteiger partial charge < -0.3 is 16.4 Å². The van der Waals surface area contributed by atoms with E-state index in [-0.39, 0.29) is 16.9 Å². The van der Waals surface area contributed by atoms with Gasteiger partial charge in [-0.05, 0) is 30.4 Å². The van der Waals surface area contributed by atoms with Gasteiger partial charge in [-0.3, -0.25) is 9.59 Å². The predicted molar refractivity (Wildman–Crippen MR) is 74.2 cm³/mol. The summed E-state index contributed by atoms with van der Waals surface area (Å²) < 4.78 is 0. The topological polar surface area (TPSA) is 84.2 Å². The average Bonchev–Trinajstić information content (AvgIpc) is 2.28. The fourth-order valence-electron chi connectivity index (χ4n) is 1.17. The van der Waals surface area contributed by atoms with Gasteiger partial charge in [0.05, 0.1) is 0 Å². The molecule has 6 heteroatoms. The molecule has 1 aromatic carbocycles. The molecule has 1 aromatic rings. The molecule has 1 rings (SSSR count). The molecule has 0 saturated heterocycles. The molecule has 96 valence electrons. The first-order valence-electron chi connectivity index (χ1n) is 5.42. The van der Waals surface area contributed by atoms with Gasteiger partial charge in [0.2, 0.25) is 11.8 Å². The second-order valence-corrected chi connectivity index (χ2v) is 4.45. The molecule has 0 unspecified atom stereocenters. The zero-order valence-corrected chi connectivity index (χ0v) is 11.0. The number of amides is 2. The molecule has 0 bridgehead atoms. The summed E-state index contributed by atoms with van der Waals surface area (Å²) in [5.41, 5.74) is 6.14. The lowest BCUT2D eigenvalue weighted by molar-refractivity contribution is -0.122. The maximum absolute atomic E-state index is 11.4. The Balaban J connectivity index is 2.67. The molecule has 0 saturated carbocycles. The standard InChI is InChI=1S/C12H15N3O2S/c1-7(2)11(17)15-12(18)14-9-5-3-4-8(6-9)10(13)16/h3-7H,1-2H3,(H2,13,16)(H2,14,15,17,18). The third-order valence-corrected chi connectivity index (χ3v) is 2.37. The van der Waals surface area contributed by atoms with Crippen molar-refractivity contribution in [1.82, 2.24) is 5.32 Å². The Morgan fingerprint density at radius 1 is 1.33 bits per heavy atom. The van der Waals surface area contributed by atoms with Crippen LogP contribution in [-0.4, -0.2) is 16.9 Å². The molecule has 4 N–H and O–H groups in total. The molecule has 18 heavy (non-hydrogen) atoms. The van der Waals surface area contributed by atoms with Gasteiger partial charge in [-0.1, -0.05) is 19.9 Å². The zero-order chi connectivity index (χ0) is 13.7. The van der Waals surface area contributed by atoms with Crippen molar-refractivity contribution in [3.8, 4) is 0 Å². The quantitative estimate of drug-likeness (QED) is 0.718. The number of hydrogen-bond donors (Lipinski definition) is 3. The third kappa shape index (κ3) is 4.14. The maximum Gasteiger partial charge on any atom is 0.248 e. The first-order valence-corrected chi connectivity index (χ1v) is 5.82. The van der Waals surface area contributed by atoms with Crippen molar-refractivity contribution >= 4 is 34.8 Å². The van der Waals surface area contributed by atoms with E-state index in [1.165, 1.54) is 0 Å².